The average molecular weight is 233 g/mol. The molecule has 0 aliphatic heterocycles. The van der Waals surface area contributed by atoms with Crippen molar-refractivity contribution in [2.75, 3.05) is 12.4 Å². The maximum Gasteiger partial charge on any atom is 0.241 e. The minimum absolute atomic E-state index is 0.290. The lowest BCUT2D eigenvalue weighted by Crippen LogP contribution is -2.21. The first kappa shape index (κ1) is 13.0. The number of hydrogen-bond donors (Lipinski definition) is 1. The second-order valence-corrected chi connectivity index (χ2v) is 3.55. The monoisotopic (exact) mass is 233 g/mol. The van der Waals surface area contributed by atoms with E-state index in [4.69, 9.17) is 10.00 Å². The Morgan fingerprint density at radius 3 is 2.88 bits per heavy atom. The van der Waals surface area contributed by atoms with Gasteiger partial charge in [0.25, 0.3) is 0 Å². The minimum Gasteiger partial charge on any atom is -0.481 e. The fourth-order valence-corrected chi connectivity index (χ4v) is 1.35. The Bertz CT molecular complexity index is 409. The maximum absolute atomic E-state index is 11.7. The van der Waals surface area contributed by atoms with Crippen LogP contribution in [0.2, 0.25) is 0 Å². The van der Waals surface area contributed by atoms with Crippen LogP contribution in [0.3, 0.4) is 0 Å². The highest BCUT2D eigenvalue weighted by molar-refractivity contribution is 5.93. The second-order valence-electron chi connectivity index (χ2n) is 3.55. The van der Waals surface area contributed by atoms with E-state index in [-0.39, 0.29) is 5.91 Å². The zero-order chi connectivity index (χ0) is 12.7. The molecule has 5 heteroatoms. The van der Waals surface area contributed by atoms with Crippen molar-refractivity contribution in [2.45, 2.75) is 19.8 Å². The van der Waals surface area contributed by atoms with Gasteiger partial charge in [-0.2, -0.15) is 5.26 Å². The molecule has 1 N–H and O–H groups in total. The standard InChI is InChI=1S/C12H15N3O2/c1-3-4-9(7-13)12(16)15-10-5-6-11(17-2)14-8-10/h5-6,8-9H,3-4H2,1-2H3,(H,15,16). The van der Waals surface area contributed by atoms with Gasteiger partial charge in [-0.25, -0.2) is 4.98 Å². The summed E-state index contributed by atoms with van der Waals surface area (Å²) in [6, 6.07) is 5.32. The number of aromatic nitrogens is 1. The lowest BCUT2D eigenvalue weighted by atomic mass is 10.1. The minimum atomic E-state index is -0.609. The fraction of sp³-hybridized carbons (Fsp3) is 0.417. The van der Waals surface area contributed by atoms with Crippen molar-refractivity contribution in [3.05, 3.63) is 18.3 Å². The van der Waals surface area contributed by atoms with E-state index >= 15 is 0 Å². The Balaban J connectivity index is 2.64. The highest BCUT2D eigenvalue weighted by atomic mass is 16.5. The summed E-state index contributed by atoms with van der Waals surface area (Å²) in [7, 11) is 1.52. The van der Waals surface area contributed by atoms with Crippen molar-refractivity contribution in [2.24, 2.45) is 5.92 Å². The van der Waals surface area contributed by atoms with E-state index in [9.17, 15) is 4.79 Å². The summed E-state index contributed by atoms with van der Waals surface area (Å²) in [4.78, 5) is 15.7. The number of hydrogen-bond acceptors (Lipinski definition) is 4. The number of nitrogens with one attached hydrogen (secondary N) is 1. The van der Waals surface area contributed by atoms with Gasteiger partial charge in [-0.05, 0) is 12.5 Å². The van der Waals surface area contributed by atoms with E-state index in [1.54, 1.807) is 12.1 Å². The molecule has 0 saturated carbocycles. The van der Waals surface area contributed by atoms with E-state index in [2.05, 4.69) is 10.3 Å². The van der Waals surface area contributed by atoms with Crippen molar-refractivity contribution in [3.8, 4) is 11.9 Å². The SMILES string of the molecule is CCCC(C#N)C(=O)Nc1ccc(OC)nc1. The Kier molecular flexibility index (Phi) is 4.95. The van der Waals surface area contributed by atoms with Crippen LogP contribution in [-0.2, 0) is 4.79 Å². The van der Waals surface area contributed by atoms with E-state index in [1.807, 2.05) is 13.0 Å². The molecule has 5 nitrogen and oxygen atoms in total. The van der Waals surface area contributed by atoms with Crippen LogP contribution in [0.5, 0.6) is 5.88 Å². The Hall–Kier alpha value is -2.09. The third-order valence-corrected chi connectivity index (χ3v) is 2.26. The Labute approximate surface area is 100 Å². The van der Waals surface area contributed by atoms with Crippen LogP contribution in [0.4, 0.5) is 5.69 Å². The third kappa shape index (κ3) is 3.76. The first-order chi connectivity index (χ1) is 8.21. The number of methoxy groups -OCH3 is 1. The molecule has 0 fully saturated rings. The molecular weight excluding hydrogens is 218 g/mol. The topological polar surface area (TPSA) is 75.0 Å². The van der Waals surface area contributed by atoms with Crippen LogP contribution >= 0.6 is 0 Å². The summed E-state index contributed by atoms with van der Waals surface area (Å²) in [5.41, 5.74) is 0.562. The second kappa shape index (κ2) is 6.48. The number of anilines is 1. The van der Waals surface area contributed by atoms with Gasteiger partial charge in [-0.3, -0.25) is 4.79 Å². The van der Waals surface area contributed by atoms with Crippen LogP contribution in [0.1, 0.15) is 19.8 Å². The lowest BCUT2D eigenvalue weighted by Gasteiger charge is -2.09. The van der Waals surface area contributed by atoms with Crippen LogP contribution < -0.4 is 10.1 Å². The van der Waals surface area contributed by atoms with Gasteiger partial charge in [0.05, 0.1) is 25.1 Å². The Morgan fingerprint density at radius 2 is 2.41 bits per heavy atom. The molecule has 1 rings (SSSR count). The molecule has 0 spiro atoms. The summed E-state index contributed by atoms with van der Waals surface area (Å²) in [6.07, 6.45) is 2.86. The summed E-state index contributed by atoms with van der Waals surface area (Å²) in [5, 5.41) is 11.5. The molecule has 0 aromatic carbocycles. The zero-order valence-corrected chi connectivity index (χ0v) is 9.93. The number of carbonyl (C=O) groups excluding carboxylic acids is 1. The van der Waals surface area contributed by atoms with E-state index in [0.29, 0.717) is 18.0 Å². The first-order valence-corrected chi connectivity index (χ1v) is 5.41. The number of carbonyl (C=O) groups is 1. The number of ether oxygens (including phenoxy) is 1. The quantitative estimate of drug-likeness (QED) is 0.843. The van der Waals surface area contributed by atoms with Crippen LogP contribution in [-0.4, -0.2) is 18.0 Å². The molecule has 1 unspecified atom stereocenters. The van der Waals surface area contributed by atoms with E-state index < -0.39 is 5.92 Å². The van der Waals surface area contributed by atoms with Gasteiger partial charge < -0.3 is 10.1 Å². The smallest absolute Gasteiger partial charge is 0.241 e. The molecular formula is C12H15N3O2. The van der Waals surface area contributed by atoms with E-state index in [0.717, 1.165) is 6.42 Å². The molecule has 1 amide bonds. The van der Waals surface area contributed by atoms with Gasteiger partial charge in [0.1, 0.15) is 5.92 Å². The summed E-state index contributed by atoms with van der Waals surface area (Å²) < 4.78 is 4.91. The fourth-order valence-electron chi connectivity index (χ4n) is 1.35. The predicted octanol–water partition coefficient (Wildman–Crippen LogP) is 1.97. The molecule has 0 aliphatic carbocycles. The van der Waals surface area contributed by atoms with Crippen molar-refractivity contribution < 1.29 is 9.53 Å². The van der Waals surface area contributed by atoms with Gasteiger partial charge in [-0.1, -0.05) is 13.3 Å². The van der Waals surface area contributed by atoms with Crippen molar-refractivity contribution in [1.29, 1.82) is 5.26 Å². The molecule has 90 valence electrons. The largest absolute Gasteiger partial charge is 0.481 e. The lowest BCUT2D eigenvalue weighted by molar-refractivity contribution is -0.118. The van der Waals surface area contributed by atoms with Crippen LogP contribution in [0.15, 0.2) is 18.3 Å². The summed E-state index contributed by atoms with van der Waals surface area (Å²) in [5.74, 6) is -0.420. The highest BCUT2D eigenvalue weighted by Crippen LogP contribution is 2.13. The molecule has 0 radical (unpaired) electrons. The zero-order valence-electron chi connectivity index (χ0n) is 9.93. The van der Waals surface area contributed by atoms with Crippen molar-refractivity contribution >= 4 is 11.6 Å². The van der Waals surface area contributed by atoms with Gasteiger partial charge in [0.15, 0.2) is 0 Å². The van der Waals surface area contributed by atoms with E-state index in [1.165, 1.54) is 13.3 Å². The normalized spacial score (nSPS) is 11.4. The highest BCUT2D eigenvalue weighted by Gasteiger charge is 2.16. The molecule has 0 bridgehead atoms. The summed E-state index contributed by atoms with van der Waals surface area (Å²) in [6.45, 7) is 1.94. The number of nitrogens with zero attached hydrogens (tertiary/aromatic N) is 2. The molecule has 1 aromatic heterocycles. The molecule has 1 atom stereocenters. The van der Waals surface area contributed by atoms with Crippen LogP contribution in [0, 0.1) is 17.2 Å². The molecule has 17 heavy (non-hydrogen) atoms. The third-order valence-electron chi connectivity index (χ3n) is 2.26. The van der Waals surface area contributed by atoms with Gasteiger partial charge in [0, 0.05) is 6.07 Å². The van der Waals surface area contributed by atoms with Gasteiger partial charge in [0.2, 0.25) is 11.8 Å². The molecule has 1 heterocycles. The maximum atomic E-state index is 11.7. The van der Waals surface area contributed by atoms with Crippen LogP contribution in [0.25, 0.3) is 0 Å². The van der Waals surface area contributed by atoms with Gasteiger partial charge in [-0.15, -0.1) is 0 Å². The number of pyridine rings is 1. The number of nitriles is 1. The van der Waals surface area contributed by atoms with Crippen molar-refractivity contribution in [1.82, 2.24) is 4.98 Å². The number of amides is 1. The van der Waals surface area contributed by atoms with Crippen molar-refractivity contribution in [3.63, 3.8) is 0 Å². The Morgan fingerprint density at radius 1 is 1.65 bits per heavy atom. The predicted molar refractivity (Wildman–Crippen MR) is 63.4 cm³/mol. The average Bonchev–Trinajstić information content (AvgIpc) is 2.36. The number of rotatable bonds is 5. The van der Waals surface area contributed by atoms with Gasteiger partial charge >= 0.3 is 0 Å². The first-order valence-electron chi connectivity index (χ1n) is 5.41. The molecule has 1 aromatic rings. The molecule has 0 aliphatic rings. The molecule has 0 saturated heterocycles. The summed E-state index contributed by atoms with van der Waals surface area (Å²) >= 11 is 0.